The Morgan fingerprint density at radius 3 is 2.37 bits per heavy atom. The van der Waals surface area contributed by atoms with Crippen molar-refractivity contribution in [2.75, 3.05) is 19.6 Å². The molecule has 108 valence electrons. The van der Waals surface area contributed by atoms with Crippen molar-refractivity contribution < 1.29 is 0 Å². The molecule has 0 aliphatic carbocycles. The molecule has 0 aliphatic rings. The summed E-state index contributed by atoms with van der Waals surface area (Å²) >= 11 is 1.75. The van der Waals surface area contributed by atoms with Crippen LogP contribution in [0.5, 0.6) is 0 Å². The van der Waals surface area contributed by atoms with Gasteiger partial charge in [-0.3, -0.25) is 4.99 Å². The molecular formula is C14H26N4S. The van der Waals surface area contributed by atoms with E-state index in [2.05, 4.69) is 60.6 Å². The van der Waals surface area contributed by atoms with Crippen LogP contribution in [0.3, 0.4) is 0 Å². The maximum atomic E-state index is 4.68. The molecule has 0 aliphatic heterocycles. The average Bonchev–Trinajstić information content (AvgIpc) is 2.78. The van der Waals surface area contributed by atoms with Crippen LogP contribution in [0.2, 0.25) is 0 Å². The summed E-state index contributed by atoms with van der Waals surface area (Å²) in [5, 5.41) is 9.79. The molecule has 0 spiro atoms. The summed E-state index contributed by atoms with van der Waals surface area (Å²) in [6.07, 6.45) is 0.896. The molecule has 1 aromatic heterocycles. The van der Waals surface area contributed by atoms with Crippen LogP contribution in [0.4, 0.5) is 0 Å². The van der Waals surface area contributed by atoms with Gasteiger partial charge in [-0.15, -0.1) is 11.3 Å². The molecule has 0 unspecified atom stereocenters. The maximum absolute atomic E-state index is 4.68. The second-order valence-electron chi connectivity index (χ2n) is 5.43. The molecular weight excluding hydrogens is 256 g/mol. The highest BCUT2D eigenvalue weighted by atomic mass is 32.1. The largest absolute Gasteiger partial charge is 0.357 e. The molecule has 1 heterocycles. The Balaban J connectivity index is 2.52. The molecule has 0 aromatic carbocycles. The Kier molecular flexibility index (Phi) is 6.28. The highest BCUT2D eigenvalue weighted by Gasteiger charge is 2.17. The third-order valence-corrected chi connectivity index (χ3v) is 3.84. The predicted molar refractivity (Wildman–Crippen MR) is 84.2 cm³/mol. The van der Waals surface area contributed by atoms with Crippen molar-refractivity contribution in [3.63, 3.8) is 0 Å². The van der Waals surface area contributed by atoms with Crippen LogP contribution in [-0.4, -0.2) is 30.6 Å². The number of aromatic nitrogens is 1. The molecule has 0 saturated carbocycles. The van der Waals surface area contributed by atoms with Crippen LogP contribution in [0.25, 0.3) is 0 Å². The first kappa shape index (κ1) is 16.0. The lowest BCUT2D eigenvalue weighted by Crippen LogP contribution is -2.37. The van der Waals surface area contributed by atoms with Gasteiger partial charge in [-0.25, -0.2) is 4.98 Å². The summed E-state index contributed by atoms with van der Waals surface area (Å²) in [5.41, 5.74) is 1.29. The molecule has 1 rings (SSSR count). The van der Waals surface area contributed by atoms with Gasteiger partial charge in [0.1, 0.15) is 0 Å². The predicted octanol–water partition coefficient (Wildman–Crippen LogP) is 2.56. The number of rotatable bonds is 5. The van der Waals surface area contributed by atoms with Crippen molar-refractivity contribution in [1.29, 1.82) is 0 Å². The van der Waals surface area contributed by atoms with Gasteiger partial charge in [-0.1, -0.05) is 20.8 Å². The topological polar surface area (TPSA) is 49.3 Å². The van der Waals surface area contributed by atoms with E-state index in [0.29, 0.717) is 0 Å². The molecule has 0 bridgehead atoms. The number of nitrogens with zero attached hydrogens (tertiary/aromatic N) is 2. The summed E-state index contributed by atoms with van der Waals surface area (Å²) < 4.78 is 0. The van der Waals surface area contributed by atoms with Crippen LogP contribution in [-0.2, 0) is 11.8 Å². The molecule has 19 heavy (non-hydrogen) atoms. The van der Waals surface area contributed by atoms with E-state index in [1.807, 2.05) is 0 Å². The lowest BCUT2D eigenvalue weighted by molar-refractivity contribution is 0.583. The number of thiazole rings is 1. The van der Waals surface area contributed by atoms with Gasteiger partial charge in [0.25, 0.3) is 0 Å². The molecule has 0 atom stereocenters. The van der Waals surface area contributed by atoms with Crippen molar-refractivity contribution in [2.45, 2.75) is 46.5 Å². The highest BCUT2D eigenvalue weighted by Crippen LogP contribution is 2.25. The minimum absolute atomic E-state index is 0.144. The van der Waals surface area contributed by atoms with E-state index >= 15 is 0 Å². The summed E-state index contributed by atoms with van der Waals surface area (Å²) in [4.78, 5) is 9.21. The Hall–Kier alpha value is -1.10. The first-order valence-corrected chi connectivity index (χ1v) is 7.82. The van der Waals surface area contributed by atoms with E-state index < -0.39 is 0 Å². The van der Waals surface area contributed by atoms with Crippen molar-refractivity contribution in [1.82, 2.24) is 15.6 Å². The second kappa shape index (κ2) is 7.48. The maximum Gasteiger partial charge on any atom is 0.191 e. The van der Waals surface area contributed by atoms with Gasteiger partial charge in [0, 0.05) is 36.9 Å². The summed E-state index contributed by atoms with van der Waals surface area (Å²) in [6.45, 7) is 13.3. The molecule has 0 fully saturated rings. The fraction of sp³-hybridized carbons (Fsp3) is 0.714. The SMILES string of the molecule is CCNC(=NCCc1csc(C(C)(C)C)n1)NCC. The van der Waals surface area contributed by atoms with Gasteiger partial charge in [0.2, 0.25) is 0 Å². The smallest absolute Gasteiger partial charge is 0.191 e. The third-order valence-electron chi connectivity index (χ3n) is 2.52. The lowest BCUT2D eigenvalue weighted by atomic mass is 9.98. The monoisotopic (exact) mass is 282 g/mol. The lowest BCUT2D eigenvalue weighted by Gasteiger charge is -2.13. The fourth-order valence-electron chi connectivity index (χ4n) is 1.56. The van der Waals surface area contributed by atoms with E-state index in [0.717, 1.165) is 37.7 Å². The molecule has 0 radical (unpaired) electrons. The zero-order chi connectivity index (χ0) is 14.3. The van der Waals surface area contributed by atoms with E-state index in [1.165, 1.54) is 5.01 Å². The van der Waals surface area contributed by atoms with Gasteiger partial charge in [0.05, 0.1) is 10.7 Å². The number of hydrogen-bond acceptors (Lipinski definition) is 3. The summed E-state index contributed by atoms with van der Waals surface area (Å²) in [6, 6.07) is 0. The van der Waals surface area contributed by atoms with Gasteiger partial charge in [-0.05, 0) is 13.8 Å². The van der Waals surface area contributed by atoms with E-state index in [-0.39, 0.29) is 5.41 Å². The molecule has 2 N–H and O–H groups in total. The Bertz CT molecular complexity index is 396. The number of hydrogen-bond donors (Lipinski definition) is 2. The molecule has 0 saturated heterocycles. The minimum atomic E-state index is 0.144. The second-order valence-corrected chi connectivity index (χ2v) is 6.29. The number of guanidine groups is 1. The molecule has 0 amide bonds. The summed E-state index contributed by atoms with van der Waals surface area (Å²) in [7, 11) is 0. The molecule has 4 nitrogen and oxygen atoms in total. The van der Waals surface area contributed by atoms with Crippen molar-refractivity contribution >= 4 is 17.3 Å². The van der Waals surface area contributed by atoms with E-state index in [9.17, 15) is 0 Å². The van der Waals surface area contributed by atoms with E-state index in [1.54, 1.807) is 11.3 Å². The van der Waals surface area contributed by atoms with Crippen molar-refractivity contribution in [3.8, 4) is 0 Å². The van der Waals surface area contributed by atoms with Gasteiger partial charge < -0.3 is 10.6 Å². The van der Waals surface area contributed by atoms with Crippen LogP contribution >= 0.6 is 11.3 Å². The first-order valence-electron chi connectivity index (χ1n) is 6.94. The normalized spacial score (nSPS) is 11.2. The van der Waals surface area contributed by atoms with Crippen LogP contribution in [0.1, 0.15) is 45.3 Å². The van der Waals surface area contributed by atoms with Crippen LogP contribution in [0.15, 0.2) is 10.4 Å². The van der Waals surface area contributed by atoms with Gasteiger partial charge >= 0.3 is 0 Å². The fourth-order valence-corrected chi connectivity index (χ4v) is 2.50. The average molecular weight is 282 g/mol. The zero-order valence-electron chi connectivity index (χ0n) is 12.7. The first-order chi connectivity index (χ1) is 8.97. The number of nitrogens with one attached hydrogen (secondary N) is 2. The minimum Gasteiger partial charge on any atom is -0.357 e. The number of aliphatic imine (C=N–C) groups is 1. The Morgan fingerprint density at radius 2 is 1.89 bits per heavy atom. The molecule has 1 aromatic rings. The van der Waals surface area contributed by atoms with Crippen molar-refractivity contribution in [2.24, 2.45) is 4.99 Å². The standard InChI is InChI=1S/C14H26N4S/c1-6-15-13(16-7-2)17-9-8-11-10-19-12(18-11)14(3,4)5/h10H,6-9H2,1-5H3,(H2,15,16,17). The highest BCUT2D eigenvalue weighted by molar-refractivity contribution is 7.09. The van der Waals surface area contributed by atoms with Crippen LogP contribution < -0.4 is 10.6 Å². The summed E-state index contributed by atoms with van der Waals surface area (Å²) in [5.74, 6) is 0.885. The quantitative estimate of drug-likeness (QED) is 0.644. The third kappa shape index (κ3) is 5.59. The Labute approximate surface area is 120 Å². The van der Waals surface area contributed by atoms with Crippen LogP contribution in [0, 0.1) is 0 Å². The molecule has 5 heteroatoms. The van der Waals surface area contributed by atoms with Crippen molar-refractivity contribution in [3.05, 3.63) is 16.1 Å². The van der Waals surface area contributed by atoms with E-state index in [4.69, 9.17) is 0 Å². The zero-order valence-corrected chi connectivity index (χ0v) is 13.5. The Morgan fingerprint density at radius 1 is 1.26 bits per heavy atom. The van der Waals surface area contributed by atoms with Gasteiger partial charge in [0.15, 0.2) is 5.96 Å². The van der Waals surface area contributed by atoms with Gasteiger partial charge in [-0.2, -0.15) is 0 Å².